The Morgan fingerprint density at radius 3 is 2.73 bits per heavy atom. The molecule has 1 aliphatic rings. The van der Waals surface area contributed by atoms with Crippen molar-refractivity contribution in [1.82, 2.24) is 0 Å². The van der Waals surface area contributed by atoms with Gasteiger partial charge in [-0.15, -0.1) is 0 Å². The van der Waals surface area contributed by atoms with Gasteiger partial charge in [-0.25, -0.2) is 0 Å². The average molecular weight is 154 g/mol. The molecule has 0 bridgehead atoms. The van der Waals surface area contributed by atoms with Crippen LogP contribution in [-0.2, 0) is 9.53 Å². The van der Waals surface area contributed by atoms with Crippen LogP contribution in [-0.4, -0.2) is 18.0 Å². The molecular weight excluding hydrogens is 140 g/mol. The fourth-order valence-electron chi connectivity index (χ4n) is 0.936. The van der Waals surface area contributed by atoms with Gasteiger partial charge in [0.25, 0.3) is 0 Å². The van der Waals surface area contributed by atoms with Crippen molar-refractivity contribution in [3.05, 3.63) is 12.2 Å². The van der Waals surface area contributed by atoms with E-state index in [1.807, 2.05) is 19.9 Å². The van der Waals surface area contributed by atoms with Crippen LogP contribution < -0.4 is 0 Å². The van der Waals surface area contributed by atoms with Gasteiger partial charge in [0.1, 0.15) is 6.10 Å². The van der Waals surface area contributed by atoms with Crippen molar-refractivity contribution in [1.29, 1.82) is 0 Å². The Morgan fingerprint density at radius 1 is 1.64 bits per heavy atom. The molecule has 0 N–H and O–H groups in total. The van der Waals surface area contributed by atoms with Gasteiger partial charge in [-0.2, -0.15) is 0 Å². The van der Waals surface area contributed by atoms with Crippen LogP contribution in [0.4, 0.5) is 0 Å². The smallest absolute Gasteiger partial charge is 0.155 e. The lowest BCUT2D eigenvalue weighted by Crippen LogP contribution is -1.92. The van der Waals surface area contributed by atoms with E-state index in [-0.39, 0.29) is 11.9 Å². The number of ether oxygens (including phenoxy) is 1. The first-order valence-electron chi connectivity index (χ1n) is 4.10. The molecule has 0 radical (unpaired) electrons. The van der Waals surface area contributed by atoms with E-state index in [1.165, 1.54) is 0 Å². The molecule has 0 aromatic carbocycles. The molecule has 0 aliphatic carbocycles. The monoisotopic (exact) mass is 154 g/mol. The first-order valence-corrected chi connectivity index (χ1v) is 4.10. The van der Waals surface area contributed by atoms with Crippen LogP contribution in [0.2, 0.25) is 0 Å². The highest BCUT2D eigenvalue weighted by atomic mass is 16.6. The molecule has 1 saturated heterocycles. The predicted octanol–water partition coefficient (Wildman–Crippen LogP) is 1.70. The Kier molecular flexibility index (Phi) is 2.83. The maximum Gasteiger partial charge on any atom is 0.155 e. The summed E-state index contributed by atoms with van der Waals surface area (Å²) >= 11 is 0. The average Bonchev–Trinajstić information content (AvgIpc) is 2.63. The Bertz CT molecular complexity index is 172. The molecule has 0 spiro atoms. The summed E-state index contributed by atoms with van der Waals surface area (Å²) in [6.07, 6.45) is 5.58. The lowest BCUT2D eigenvalue weighted by atomic mass is 10.2. The number of hydrogen-bond acceptors (Lipinski definition) is 2. The fourth-order valence-corrected chi connectivity index (χ4v) is 0.936. The van der Waals surface area contributed by atoms with Gasteiger partial charge in [0.05, 0.1) is 6.10 Å². The Labute approximate surface area is 67.2 Å². The van der Waals surface area contributed by atoms with Gasteiger partial charge in [0.15, 0.2) is 5.78 Å². The molecule has 1 aliphatic heterocycles. The van der Waals surface area contributed by atoms with Gasteiger partial charge >= 0.3 is 0 Å². The van der Waals surface area contributed by atoms with E-state index >= 15 is 0 Å². The van der Waals surface area contributed by atoms with Crippen LogP contribution in [0.25, 0.3) is 0 Å². The second-order valence-corrected chi connectivity index (χ2v) is 2.88. The maximum atomic E-state index is 10.9. The summed E-state index contributed by atoms with van der Waals surface area (Å²) < 4.78 is 5.11. The lowest BCUT2D eigenvalue weighted by molar-refractivity contribution is -0.114. The summed E-state index contributed by atoms with van der Waals surface area (Å²) in [7, 11) is 0. The number of rotatable bonds is 4. The predicted molar refractivity (Wildman–Crippen MR) is 43.4 cm³/mol. The quantitative estimate of drug-likeness (QED) is 0.455. The third-order valence-corrected chi connectivity index (χ3v) is 1.73. The number of epoxide rings is 1. The number of allylic oxidation sites excluding steroid dienone is 1. The van der Waals surface area contributed by atoms with Crippen molar-refractivity contribution < 1.29 is 9.53 Å². The van der Waals surface area contributed by atoms with Crippen LogP contribution in [0.1, 0.15) is 26.7 Å². The summed E-state index contributed by atoms with van der Waals surface area (Å²) in [5, 5.41) is 0. The van der Waals surface area contributed by atoms with Gasteiger partial charge < -0.3 is 4.74 Å². The highest BCUT2D eigenvalue weighted by molar-refractivity contribution is 5.89. The number of ketones is 1. The second kappa shape index (κ2) is 3.67. The van der Waals surface area contributed by atoms with Crippen LogP contribution in [0.15, 0.2) is 12.2 Å². The van der Waals surface area contributed by atoms with Gasteiger partial charge in [-0.1, -0.05) is 6.92 Å². The summed E-state index contributed by atoms with van der Waals surface area (Å²) in [5.74, 6) is 0.204. The summed E-state index contributed by atoms with van der Waals surface area (Å²) in [5.41, 5.74) is 0. The van der Waals surface area contributed by atoms with Gasteiger partial charge in [-0.3, -0.25) is 4.79 Å². The zero-order valence-electron chi connectivity index (χ0n) is 7.04. The van der Waals surface area contributed by atoms with Crippen LogP contribution in [0, 0.1) is 0 Å². The van der Waals surface area contributed by atoms with E-state index in [0.29, 0.717) is 12.5 Å². The van der Waals surface area contributed by atoms with Crippen molar-refractivity contribution in [2.24, 2.45) is 0 Å². The molecule has 0 aromatic rings. The third kappa shape index (κ3) is 2.85. The first-order chi connectivity index (χ1) is 5.24. The van der Waals surface area contributed by atoms with E-state index in [4.69, 9.17) is 4.74 Å². The number of carbonyl (C=O) groups is 1. The fraction of sp³-hybridized carbons (Fsp3) is 0.667. The second-order valence-electron chi connectivity index (χ2n) is 2.88. The van der Waals surface area contributed by atoms with Crippen molar-refractivity contribution >= 4 is 5.78 Å². The largest absolute Gasteiger partial charge is 0.365 e. The van der Waals surface area contributed by atoms with Gasteiger partial charge in [0.2, 0.25) is 0 Å². The normalized spacial score (nSPS) is 29.3. The molecule has 2 unspecified atom stereocenters. The van der Waals surface area contributed by atoms with E-state index in [0.717, 1.165) is 6.42 Å². The summed E-state index contributed by atoms with van der Waals surface area (Å²) in [6, 6.07) is 0. The minimum Gasteiger partial charge on any atom is -0.365 e. The molecule has 2 nitrogen and oxygen atoms in total. The molecule has 1 fully saturated rings. The highest BCUT2D eigenvalue weighted by Crippen LogP contribution is 2.21. The molecule has 1 heterocycles. The zero-order chi connectivity index (χ0) is 8.27. The summed E-state index contributed by atoms with van der Waals surface area (Å²) in [4.78, 5) is 10.9. The van der Waals surface area contributed by atoms with E-state index < -0.39 is 0 Å². The third-order valence-electron chi connectivity index (χ3n) is 1.73. The minimum atomic E-state index is 0.204. The molecule has 1 rings (SSSR count). The topological polar surface area (TPSA) is 29.6 Å². The van der Waals surface area contributed by atoms with Crippen molar-refractivity contribution in [3.63, 3.8) is 0 Å². The standard InChI is InChI=1S/C9H14O2/c1-3-4-8(10)5-6-9-7(2)11-9/h5-7,9H,3-4H2,1-2H3/b6-5+. The molecule has 0 amide bonds. The Balaban J connectivity index is 2.18. The molecule has 0 aromatic heterocycles. The van der Waals surface area contributed by atoms with Crippen LogP contribution in [0.3, 0.4) is 0 Å². The number of carbonyl (C=O) groups excluding carboxylic acids is 1. The lowest BCUT2D eigenvalue weighted by Gasteiger charge is -1.86. The Morgan fingerprint density at radius 2 is 2.27 bits per heavy atom. The van der Waals surface area contributed by atoms with E-state index in [9.17, 15) is 4.79 Å². The van der Waals surface area contributed by atoms with E-state index in [1.54, 1.807) is 6.08 Å². The van der Waals surface area contributed by atoms with Crippen molar-refractivity contribution in [2.75, 3.05) is 0 Å². The molecule has 62 valence electrons. The van der Waals surface area contributed by atoms with Gasteiger partial charge in [0, 0.05) is 6.42 Å². The molecule has 11 heavy (non-hydrogen) atoms. The van der Waals surface area contributed by atoms with Gasteiger partial charge in [-0.05, 0) is 25.5 Å². The molecular formula is C9H14O2. The molecule has 0 saturated carbocycles. The van der Waals surface area contributed by atoms with Crippen molar-refractivity contribution in [2.45, 2.75) is 38.9 Å². The molecule has 2 atom stereocenters. The van der Waals surface area contributed by atoms with Crippen LogP contribution >= 0.6 is 0 Å². The summed E-state index contributed by atoms with van der Waals surface area (Å²) in [6.45, 7) is 4.00. The molecule has 2 heteroatoms. The first kappa shape index (κ1) is 8.47. The zero-order valence-corrected chi connectivity index (χ0v) is 7.04. The van der Waals surface area contributed by atoms with Crippen LogP contribution in [0.5, 0.6) is 0 Å². The van der Waals surface area contributed by atoms with Crippen molar-refractivity contribution in [3.8, 4) is 0 Å². The van der Waals surface area contributed by atoms with E-state index in [2.05, 4.69) is 0 Å². The Hall–Kier alpha value is -0.630. The highest BCUT2D eigenvalue weighted by Gasteiger charge is 2.31. The maximum absolute atomic E-state index is 10.9. The minimum absolute atomic E-state index is 0.204. The number of hydrogen-bond donors (Lipinski definition) is 0. The SMILES string of the molecule is CCCC(=O)/C=C/C1OC1C.